The van der Waals surface area contributed by atoms with Gasteiger partial charge in [-0.05, 0) is 35.4 Å². The van der Waals surface area contributed by atoms with E-state index in [4.69, 9.17) is 0 Å². The van der Waals surface area contributed by atoms with Gasteiger partial charge in [-0.3, -0.25) is 4.79 Å². The Morgan fingerprint density at radius 1 is 0.862 bits per heavy atom. The Morgan fingerprint density at radius 3 is 2.38 bits per heavy atom. The van der Waals surface area contributed by atoms with Gasteiger partial charge in [-0.1, -0.05) is 54.6 Å². The van der Waals surface area contributed by atoms with Crippen molar-refractivity contribution < 1.29 is 4.79 Å². The number of rotatable bonds is 7. The molecule has 0 saturated heterocycles. The van der Waals surface area contributed by atoms with Crippen molar-refractivity contribution in [3.05, 3.63) is 108 Å². The Kier molecular flexibility index (Phi) is 5.62. The smallest absolute Gasteiger partial charge is 0.257 e. The Balaban J connectivity index is 1.41. The van der Waals surface area contributed by atoms with Gasteiger partial charge in [0.15, 0.2) is 0 Å². The Morgan fingerprint density at radius 2 is 1.62 bits per heavy atom. The fourth-order valence-electron chi connectivity index (χ4n) is 3.02. The SMILES string of the molecule is O=C(Nc1ccc(Cn2cncn2)cc1)c1ccccc1NCc1ccccc1. The topological polar surface area (TPSA) is 71.8 Å². The van der Waals surface area contributed by atoms with Gasteiger partial charge in [-0.15, -0.1) is 0 Å². The highest BCUT2D eigenvalue weighted by Crippen LogP contribution is 2.19. The van der Waals surface area contributed by atoms with E-state index in [1.54, 1.807) is 11.0 Å². The minimum absolute atomic E-state index is 0.148. The van der Waals surface area contributed by atoms with Crippen LogP contribution in [0.25, 0.3) is 0 Å². The largest absolute Gasteiger partial charge is 0.380 e. The summed E-state index contributed by atoms with van der Waals surface area (Å²) in [6, 6.07) is 25.3. The molecule has 0 aliphatic rings. The molecule has 144 valence electrons. The highest BCUT2D eigenvalue weighted by Gasteiger charge is 2.11. The molecule has 0 unspecified atom stereocenters. The van der Waals surface area contributed by atoms with Crippen molar-refractivity contribution in [2.45, 2.75) is 13.1 Å². The number of anilines is 2. The van der Waals surface area contributed by atoms with E-state index in [2.05, 4.69) is 32.8 Å². The number of benzene rings is 3. The first-order valence-electron chi connectivity index (χ1n) is 9.37. The van der Waals surface area contributed by atoms with Crippen LogP contribution in [-0.2, 0) is 13.1 Å². The van der Waals surface area contributed by atoms with E-state index in [1.165, 1.54) is 6.33 Å². The van der Waals surface area contributed by atoms with Gasteiger partial charge in [0.25, 0.3) is 5.91 Å². The summed E-state index contributed by atoms with van der Waals surface area (Å²) < 4.78 is 1.75. The van der Waals surface area contributed by atoms with E-state index >= 15 is 0 Å². The summed E-state index contributed by atoms with van der Waals surface area (Å²) in [6.45, 7) is 1.29. The number of carbonyl (C=O) groups is 1. The maximum absolute atomic E-state index is 12.8. The lowest BCUT2D eigenvalue weighted by atomic mass is 10.1. The number of nitrogens with zero attached hydrogens (tertiary/aromatic N) is 3. The molecule has 0 atom stereocenters. The van der Waals surface area contributed by atoms with Crippen LogP contribution in [0.2, 0.25) is 0 Å². The number of aromatic nitrogens is 3. The molecule has 4 rings (SSSR count). The number of hydrogen-bond donors (Lipinski definition) is 2. The molecule has 0 saturated carbocycles. The summed E-state index contributed by atoms with van der Waals surface area (Å²) in [7, 11) is 0. The van der Waals surface area contributed by atoms with Crippen molar-refractivity contribution in [1.82, 2.24) is 14.8 Å². The van der Waals surface area contributed by atoms with Gasteiger partial charge in [-0.2, -0.15) is 5.10 Å². The van der Waals surface area contributed by atoms with E-state index in [1.807, 2.05) is 66.7 Å². The standard InChI is InChI=1S/C23H21N5O/c29-23(27-20-12-10-19(11-13-20)15-28-17-24-16-26-28)21-8-4-5-9-22(21)25-14-18-6-2-1-3-7-18/h1-13,16-17,25H,14-15H2,(H,27,29). The highest BCUT2D eigenvalue weighted by atomic mass is 16.1. The second-order valence-corrected chi connectivity index (χ2v) is 6.63. The molecule has 0 fully saturated rings. The number of para-hydroxylation sites is 1. The molecule has 3 aromatic carbocycles. The normalized spacial score (nSPS) is 10.5. The zero-order chi connectivity index (χ0) is 19.9. The van der Waals surface area contributed by atoms with E-state index in [-0.39, 0.29) is 5.91 Å². The fraction of sp³-hybridized carbons (Fsp3) is 0.0870. The van der Waals surface area contributed by atoms with Crippen LogP contribution < -0.4 is 10.6 Å². The molecular weight excluding hydrogens is 362 g/mol. The van der Waals surface area contributed by atoms with Gasteiger partial charge in [0, 0.05) is 17.9 Å². The lowest BCUT2D eigenvalue weighted by Crippen LogP contribution is -2.15. The first-order valence-corrected chi connectivity index (χ1v) is 9.37. The van der Waals surface area contributed by atoms with Crippen LogP contribution in [0.3, 0.4) is 0 Å². The van der Waals surface area contributed by atoms with Gasteiger partial charge in [0.2, 0.25) is 0 Å². The molecule has 0 bridgehead atoms. The summed E-state index contributed by atoms with van der Waals surface area (Å²) in [5, 5.41) is 10.4. The van der Waals surface area contributed by atoms with Gasteiger partial charge < -0.3 is 10.6 Å². The predicted octanol–water partition coefficient (Wildman–Crippen LogP) is 4.19. The average Bonchev–Trinajstić information content (AvgIpc) is 3.28. The van der Waals surface area contributed by atoms with Crippen LogP contribution in [0.1, 0.15) is 21.5 Å². The molecule has 6 nitrogen and oxygen atoms in total. The third kappa shape index (κ3) is 4.87. The quantitative estimate of drug-likeness (QED) is 0.502. The third-order valence-corrected chi connectivity index (χ3v) is 4.52. The van der Waals surface area contributed by atoms with Gasteiger partial charge >= 0.3 is 0 Å². The minimum atomic E-state index is -0.148. The van der Waals surface area contributed by atoms with Crippen LogP contribution in [-0.4, -0.2) is 20.7 Å². The Bertz CT molecular complexity index is 1060. The molecule has 1 heterocycles. The lowest BCUT2D eigenvalue weighted by molar-refractivity contribution is 0.102. The summed E-state index contributed by atoms with van der Waals surface area (Å²) in [5.41, 5.74) is 4.39. The van der Waals surface area contributed by atoms with Crippen molar-refractivity contribution in [3.8, 4) is 0 Å². The second-order valence-electron chi connectivity index (χ2n) is 6.63. The molecule has 0 aliphatic heterocycles. The van der Waals surface area contributed by atoms with Gasteiger partial charge in [0.1, 0.15) is 12.7 Å². The lowest BCUT2D eigenvalue weighted by Gasteiger charge is -2.13. The molecule has 2 N–H and O–H groups in total. The first-order chi connectivity index (χ1) is 14.3. The minimum Gasteiger partial charge on any atom is -0.380 e. The molecule has 4 aromatic rings. The molecule has 1 aromatic heterocycles. The average molecular weight is 383 g/mol. The summed E-state index contributed by atoms with van der Waals surface area (Å²) in [4.78, 5) is 16.8. The molecule has 0 aliphatic carbocycles. The van der Waals surface area contributed by atoms with Crippen molar-refractivity contribution >= 4 is 17.3 Å². The summed E-state index contributed by atoms with van der Waals surface area (Å²) in [6.07, 6.45) is 3.19. The zero-order valence-corrected chi connectivity index (χ0v) is 15.8. The van der Waals surface area contributed by atoms with Crippen LogP contribution in [0, 0.1) is 0 Å². The highest BCUT2D eigenvalue weighted by molar-refractivity contribution is 6.08. The van der Waals surface area contributed by atoms with Crippen LogP contribution in [0.4, 0.5) is 11.4 Å². The molecule has 1 amide bonds. The van der Waals surface area contributed by atoms with Crippen molar-refractivity contribution in [3.63, 3.8) is 0 Å². The molecule has 29 heavy (non-hydrogen) atoms. The number of amides is 1. The second kappa shape index (κ2) is 8.84. The Hall–Kier alpha value is -3.93. The fourth-order valence-corrected chi connectivity index (χ4v) is 3.02. The van der Waals surface area contributed by atoms with Crippen molar-refractivity contribution in [2.75, 3.05) is 10.6 Å². The van der Waals surface area contributed by atoms with E-state index in [0.717, 1.165) is 22.5 Å². The van der Waals surface area contributed by atoms with E-state index in [9.17, 15) is 4.79 Å². The monoisotopic (exact) mass is 383 g/mol. The Labute approximate surface area is 169 Å². The number of carbonyl (C=O) groups excluding carboxylic acids is 1. The predicted molar refractivity (Wildman–Crippen MR) is 114 cm³/mol. The molecular formula is C23H21N5O. The third-order valence-electron chi connectivity index (χ3n) is 4.52. The van der Waals surface area contributed by atoms with Crippen LogP contribution in [0.15, 0.2) is 91.5 Å². The van der Waals surface area contributed by atoms with Crippen molar-refractivity contribution in [1.29, 1.82) is 0 Å². The van der Waals surface area contributed by atoms with Gasteiger partial charge in [0.05, 0.1) is 12.1 Å². The van der Waals surface area contributed by atoms with Crippen LogP contribution in [0.5, 0.6) is 0 Å². The summed E-state index contributed by atoms with van der Waals surface area (Å²) >= 11 is 0. The van der Waals surface area contributed by atoms with E-state index in [0.29, 0.717) is 18.7 Å². The van der Waals surface area contributed by atoms with Crippen molar-refractivity contribution in [2.24, 2.45) is 0 Å². The van der Waals surface area contributed by atoms with Gasteiger partial charge in [-0.25, -0.2) is 9.67 Å². The number of hydrogen-bond acceptors (Lipinski definition) is 4. The molecule has 0 spiro atoms. The first kappa shape index (κ1) is 18.4. The maximum Gasteiger partial charge on any atom is 0.257 e. The summed E-state index contributed by atoms with van der Waals surface area (Å²) in [5.74, 6) is -0.148. The number of nitrogens with one attached hydrogen (secondary N) is 2. The van der Waals surface area contributed by atoms with Crippen LogP contribution >= 0.6 is 0 Å². The van der Waals surface area contributed by atoms with E-state index < -0.39 is 0 Å². The molecule has 0 radical (unpaired) electrons. The zero-order valence-electron chi connectivity index (χ0n) is 15.8. The molecule has 6 heteroatoms. The maximum atomic E-state index is 12.8.